The second-order valence-corrected chi connectivity index (χ2v) is 4.89. The monoisotopic (exact) mass is 301 g/mol. The number of hydrogen-bond donors (Lipinski definition) is 3. The Morgan fingerprint density at radius 2 is 2.41 bits per heavy atom. The highest BCUT2D eigenvalue weighted by atomic mass is 79.9. The molecule has 1 aromatic rings. The van der Waals surface area contributed by atoms with Crippen molar-refractivity contribution in [3.8, 4) is 0 Å². The van der Waals surface area contributed by atoms with Crippen LogP contribution in [0.15, 0.2) is 10.7 Å². The average Bonchev–Trinajstić information content (AvgIpc) is 2.39. The SMILES string of the molecule is NNc1ncc(Br)c(N2CCCCC2CO)n1. The van der Waals surface area contributed by atoms with Crippen LogP contribution in [-0.4, -0.2) is 34.3 Å². The molecule has 0 spiro atoms. The van der Waals surface area contributed by atoms with E-state index in [0.717, 1.165) is 36.1 Å². The number of aliphatic hydroxyl groups is 1. The smallest absolute Gasteiger partial charge is 0.239 e. The summed E-state index contributed by atoms with van der Waals surface area (Å²) in [5.74, 6) is 6.47. The zero-order chi connectivity index (χ0) is 12.3. The second-order valence-electron chi connectivity index (χ2n) is 4.04. The summed E-state index contributed by atoms with van der Waals surface area (Å²) in [6.07, 6.45) is 4.91. The average molecular weight is 302 g/mol. The van der Waals surface area contributed by atoms with Gasteiger partial charge < -0.3 is 10.0 Å². The van der Waals surface area contributed by atoms with E-state index in [1.54, 1.807) is 6.20 Å². The number of hydrazine groups is 1. The molecule has 4 N–H and O–H groups in total. The highest BCUT2D eigenvalue weighted by Crippen LogP contribution is 2.29. The van der Waals surface area contributed by atoms with Crippen LogP contribution in [0.25, 0.3) is 0 Å². The molecule has 1 aliphatic heterocycles. The van der Waals surface area contributed by atoms with Crippen LogP contribution in [0.3, 0.4) is 0 Å². The molecule has 0 amide bonds. The van der Waals surface area contributed by atoms with Crippen molar-refractivity contribution in [3.63, 3.8) is 0 Å². The normalized spacial score (nSPS) is 20.4. The van der Waals surface area contributed by atoms with Crippen LogP contribution < -0.4 is 16.2 Å². The van der Waals surface area contributed by atoms with Crippen LogP contribution in [0, 0.1) is 0 Å². The van der Waals surface area contributed by atoms with E-state index in [-0.39, 0.29) is 12.6 Å². The molecule has 1 atom stereocenters. The molecule has 1 aromatic heterocycles. The van der Waals surface area contributed by atoms with E-state index in [4.69, 9.17) is 5.84 Å². The van der Waals surface area contributed by atoms with Gasteiger partial charge >= 0.3 is 0 Å². The van der Waals surface area contributed by atoms with Crippen molar-refractivity contribution in [1.82, 2.24) is 9.97 Å². The molecule has 0 aliphatic carbocycles. The lowest BCUT2D eigenvalue weighted by Gasteiger charge is -2.36. The fourth-order valence-electron chi connectivity index (χ4n) is 2.10. The summed E-state index contributed by atoms with van der Waals surface area (Å²) in [5, 5.41) is 9.40. The lowest BCUT2D eigenvalue weighted by Crippen LogP contribution is -2.42. The lowest BCUT2D eigenvalue weighted by molar-refractivity contribution is 0.239. The van der Waals surface area contributed by atoms with Gasteiger partial charge in [-0.15, -0.1) is 0 Å². The first-order valence-electron chi connectivity index (χ1n) is 5.63. The maximum absolute atomic E-state index is 9.40. The van der Waals surface area contributed by atoms with Gasteiger partial charge in [-0.2, -0.15) is 4.98 Å². The standard InChI is InChI=1S/C10H16BrN5O/c11-8-5-13-10(15-12)14-9(8)16-4-2-1-3-7(16)6-17/h5,7,17H,1-4,6,12H2,(H,13,14,15). The molecule has 0 aromatic carbocycles. The van der Waals surface area contributed by atoms with E-state index in [2.05, 4.69) is 36.2 Å². The predicted molar refractivity (Wildman–Crippen MR) is 69.6 cm³/mol. The van der Waals surface area contributed by atoms with E-state index in [9.17, 15) is 5.11 Å². The third-order valence-corrected chi connectivity index (χ3v) is 3.52. The van der Waals surface area contributed by atoms with Gasteiger partial charge in [-0.05, 0) is 35.2 Å². The quantitative estimate of drug-likeness (QED) is 0.567. The van der Waals surface area contributed by atoms with Crippen molar-refractivity contribution in [2.45, 2.75) is 25.3 Å². The van der Waals surface area contributed by atoms with Gasteiger partial charge in [0.2, 0.25) is 5.95 Å². The maximum atomic E-state index is 9.40. The maximum Gasteiger partial charge on any atom is 0.239 e. The molecule has 1 saturated heterocycles. The summed E-state index contributed by atoms with van der Waals surface area (Å²) < 4.78 is 0.817. The Morgan fingerprint density at radius 1 is 1.59 bits per heavy atom. The zero-order valence-corrected chi connectivity index (χ0v) is 11.0. The summed E-state index contributed by atoms with van der Waals surface area (Å²) in [4.78, 5) is 10.5. The van der Waals surface area contributed by atoms with E-state index in [1.807, 2.05) is 0 Å². The number of anilines is 2. The van der Waals surface area contributed by atoms with E-state index >= 15 is 0 Å². The molecule has 1 aliphatic rings. The van der Waals surface area contributed by atoms with Crippen molar-refractivity contribution < 1.29 is 5.11 Å². The van der Waals surface area contributed by atoms with Gasteiger partial charge in [0.25, 0.3) is 0 Å². The predicted octanol–water partition coefficient (Wildman–Crippen LogP) is 0.876. The number of piperidine rings is 1. The second kappa shape index (κ2) is 5.61. The number of nitrogens with two attached hydrogens (primary N) is 1. The minimum Gasteiger partial charge on any atom is -0.394 e. The molecular formula is C10H16BrN5O. The molecule has 7 heteroatoms. The van der Waals surface area contributed by atoms with Crippen LogP contribution in [0.4, 0.5) is 11.8 Å². The van der Waals surface area contributed by atoms with Crippen LogP contribution in [0.2, 0.25) is 0 Å². The van der Waals surface area contributed by atoms with Crippen LogP contribution in [0.1, 0.15) is 19.3 Å². The van der Waals surface area contributed by atoms with Crippen LogP contribution >= 0.6 is 15.9 Å². The Bertz CT molecular complexity index is 389. The fourth-order valence-corrected chi connectivity index (χ4v) is 2.52. The number of aromatic nitrogens is 2. The van der Waals surface area contributed by atoms with Crippen molar-refractivity contribution in [2.75, 3.05) is 23.5 Å². The van der Waals surface area contributed by atoms with Crippen molar-refractivity contribution in [1.29, 1.82) is 0 Å². The Morgan fingerprint density at radius 3 is 3.12 bits per heavy atom. The molecule has 6 nitrogen and oxygen atoms in total. The van der Waals surface area contributed by atoms with E-state index in [1.165, 1.54) is 0 Å². The first kappa shape index (κ1) is 12.5. The minimum absolute atomic E-state index is 0.126. The Hall–Kier alpha value is -0.920. The van der Waals surface area contributed by atoms with Gasteiger partial charge in [0.05, 0.1) is 17.1 Å². The first-order chi connectivity index (χ1) is 8.26. The number of halogens is 1. The lowest BCUT2D eigenvalue weighted by atomic mass is 10.0. The molecule has 17 heavy (non-hydrogen) atoms. The third-order valence-electron chi connectivity index (χ3n) is 2.96. The molecular weight excluding hydrogens is 286 g/mol. The number of aliphatic hydroxyl groups excluding tert-OH is 1. The number of rotatable bonds is 3. The number of nitrogens with zero attached hydrogens (tertiary/aromatic N) is 3. The van der Waals surface area contributed by atoms with Gasteiger partial charge in [0.15, 0.2) is 0 Å². The topological polar surface area (TPSA) is 87.3 Å². The Balaban J connectivity index is 2.30. The molecule has 1 fully saturated rings. The first-order valence-corrected chi connectivity index (χ1v) is 6.42. The van der Waals surface area contributed by atoms with E-state index in [0.29, 0.717) is 5.95 Å². The van der Waals surface area contributed by atoms with Crippen LogP contribution in [-0.2, 0) is 0 Å². The van der Waals surface area contributed by atoms with Gasteiger partial charge in [-0.3, -0.25) is 5.43 Å². The third kappa shape index (κ3) is 2.67. The number of nitrogens with one attached hydrogen (secondary N) is 1. The molecule has 0 saturated carbocycles. The molecule has 94 valence electrons. The molecule has 0 radical (unpaired) electrons. The summed E-state index contributed by atoms with van der Waals surface area (Å²) in [7, 11) is 0. The summed E-state index contributed by atoms with van der Waals surface area (Å²) in [6.45, 7) is 1.03. The van der Waals surface area contributed by atoms with E-state index < -0.39 is 0 Å². The fraction of sp³-hybridized carbons (Fsp3) is 0.600. The van der Waals surface area contributed by atoms with Crippen LogP contribution in [0.5, 0.6) is 0 Å². The minimum atomic E-state index is 0.126. The van der Waals surface area contributed by atoms with Crippen molar-refractivity contribution in [2.24, 2.45) is 5.84 Å². The highest BCUT2D eigenvalue weighted by Gasteiger charge is 2.24. The molecule has 2 rings (SSSR count). The Labute approximate surface area is 108 Å². The largest absolute Gasteiger partial charge is 0.394 e. The zero-order valence-electron chi connectivity index (χ0n) is 9.43. The summed E-state index contributed by atoms with van der Waals surface area (Å²) >= 11 is 3.43. The van der Waals surface area contributed by atoms with Gasteiger partial charge in [-0.25, -0.2) is 10.8 Å². The van der Waals surface area contributed by atoms with Crippen molar-refractivity contribution >= 4 is 27.7 Å². The van der Waals surface area contributed by atoms with Gasteiger partial charge in [0, 0.05) is 12.7 Å². The summed E-state index contributed by atoms with van der Waals surface area (Å²) in [6, 6.07) is 0.126. The molecule has 1 unspecified atom stereocenters. The van der Waals surface area contributed by atoms with Crippen molar-refractivity contribution in [3.05, 3.63) is 10.7 Å². The van der Waals surface area contributed by atoms with Gasteiger partial charge in [0.1, 0.15) is 5.82 Å². The highest BCUT2D eigenvalue weighted by molar-refractivity contribution is 9.10. The number of hydrogen-bond acceptors (Lipinski definition) is 6. The summed E-state index contributed by atoms with van der Waals surface area (Å²) in [5.41, 5.74) is 2.43. The Kier molecular flexibility index (Phi) is 4.14. The van der Waals surface area contributed by atoms with Gasteiger partial charge in [-0.1, -0.05) is 0 Å². The molecule has 0 bridgehead atoms. The number of nitrogen functional groups attached to an aromatic ring is 1. The molecule has 2 heterocycles.